The zero-order chi connectivity index (χ0) is 21.7. The molecule has 2 aromatic heterocycles. The molecule has 3 aromatic rings. The summed E-state index contributed by atoms with van der Waals surface area (Å²) in [6, 6.07) is 11.2. The van der Waals surface area contributed by atoms with Gasteiger partial charge in [0.05, 0.1) is 17.8 Å². The number of ether oxygens (including phenoxy) is 1. The maximum absolute atomic E-state index is 12.0. The van der Waals surface area contributed by atoms with Gasteiger partial charge in [-0.1, -0.05) is 51.3 Å². The number of aromatic carboxylic acids is 1. The van der Waals surface area contributed by atoms with Crippen LogP contribution in [0.1, 0.15) is 41.5 Å². The number of hydrogen-bond acceptors (Lipinski definition) is 3. The molecule has 30 heavy (non-hydrogen) atoms. The predicted molar refractivity (Wildman–Crippen MR) is 120 cm³/mol. The quantitative estimate of drug-likeness (QED) is 0.474. The third-order valence-corrected chi connectivity index (χ3v) is 4.88. The smallest absolute Gasteiger partial charge is 0.352 e. The maximum Gasteiger partial charge on any atom is 0.352 e. The molecule has 0 saturated heterocycles. The number of carboxylic acid groups (broad SMARTS) is 1. The fourth-order valence-corrected chi connectivity index (χ4v) is 3.43. The highest BCUT2D eigenvalue weighted by Gasteiger charge is 2.20. The second kappa shape index (κ2) is 9.27. The molecule has 1 aromatic carbocycles. The van der Waals surface area contributed by atoms with Crippen LogP contribution in [0, 0.1) is 0 Å². The van der Waals surface area contributed by atoms with Crippen molar-refractivity contribution in [3.05, 3.63) is 96.5 Å². The predicted octanol–water partition coefficient (Wildman–Crippen LogP) is 5.58. The molecule has 0 unspecified atom stereocenters. The summed E-state index contributed by atoms with van der Waals surface area (Å²) in [6.07, 6.45) is 6.99. The van der Waals surface area contributed by atoms with Crippen LogP contribution in [-0.4, -0.2) is 27.2 Å². The van der Waals surface area contributed by atoms with Crippen LogP contribution < -0.4 is 4.74 Å². The van der Waals surface area contributed by atoms with E-state index in [1.54, 1.807) is 24.4 Å². The van der Waals surface area contributed by atoms with Crippen LogP contribution >= 0.6 is 0 Å². The molecule has 0 aliphatic rings. The van der Waals surface area contributed by atoms with Gasteiger partial charge in [-0.3, -0.25) is 4.98 Å². The Morgan fingerprint density at radius 2 is 2.07 bits per heavy atom. The molecule has 2 heterocycles. The van der Waals surface area contributed by atoms with E-state index < -0.39 is 5.97 Å². The van der Waals surface area contributed by atoms with Crippen molar-refractivity contribution in [2.45, 2.75) is 26.3 Å². The van der Waals surface area contributed by atoms with E-state index in [-0.39, 0.29) is 11.6 Å². The Hall–Kier alpha value is -3.60. The molecule has 0 atom stereocenters. The van der Waals surface area contributed by atoms with Crippen molar-refractivity contribution >= 4 is 16.9 Å². The average molecular weight is 402 g/mol. The van der Waals surface area contributed by atoms with Gasteiger partial charge < -0.3 is 14.4 Å². The summed E-state index contributed by atoms with van der Waals surface area (Å²) < 4.78 is 7.81. The van der Waals surface area contributed by atoms with Crippen LogP contribution in [0.5, 0.6) is 5.75 Å². The first-order chi connectivity index (χ1) is 14.4. The minimum atomic E-state index is -0.970. The van der Waals surface area contributed by atoms with Crippen molar-refractivity contribution in [1.29, 1.82) is 0 Å². The van der Waals surface area contributed by atoms with Crippen molar-refractivity contribution in [1.82, 2.24) is 9.55 Å². The highest BCUT2D eigenvalue weighted by Crippen LogP contribution is 2.33. The van der Waals surface area contributed by atoms with Gasteiger partial charge >= 0.3 is 5.97 Å². The molecule has 154 valence electrons. The Balaban J connectivity index is 2.11. The molecular weight excluding hydrogens is 376 g/mol. The number of aromatic nitrogens is 2. The third kappa shape index (κ3) is 4.51. The van der Waals surface area contributed by atoms with Gasteiger partial charge in [0.25, 0.3) is 0 Å². The number of pyridine rings is 1. The Kier molecular flexibility index (Phi) is 6.52. The summed E-state index contributed by atoms with van der Waals surface area (Å²) in [5.74, 6) is -0.102. The lowest BCUT2D eigenvalue weighted by molar-refractivity contribution is 0.0686. The number of carbonyl (C=O) groups is 1. The van der Waals surface area contributed by atoms with Crippen molar-refractivity contribution in [3.8, 4) is 5.75 Å². The second-order valence-corrected chi connectivity index (χ2v) is 7.32. The molecule has 0 fully saturated rings. The topological polar surface area (TPSA) is 64.3 Å². The van der Waals surface area contributed by atoms with E-state index >= 15 is 0 Å². The minimum absolute atomic E-state index is 0.178. The number of carboxylic acids is 1. The first kappa shape index (κ1) is 21.1. The van der Waals surface area contributed by atoms with Gasteiger partial charge in [-0.25, -0.2) is 4.79 Å². The van der Waals surface area contributed by atoms with E-state index in [0.717, 1.165) is 27.7 Å². The fourth-order valence-electron chi connectivity index (χ4n) is 3.43. The van der Waals surface area contributed by atoms with E-state index in [4.69, 9.17) is 4.74 Å². The minimum Gasteiger partial charge on any atom is -0.489 e. The SMILES string of the molecule is C=C/C=C(\C=C)COc1cc(C(C)C)c2c(c1)cc(C(=O)O)n2Cc1ccccn1. The van der Waals surface area contributed by atoms with Crippen molar-refractivity contribution < 1.29 is 14.6 Å². The average Bonchev–Trinajstić information content (AvgIpc) is 3.09. The zero-order valence-electron chi connectivity index (χ0n) is 17.3. The lowest BCUT2D eigenvalue weighted by Gasteiger charge is -2.16. The molecule has 5 nitrogen and oxygen atoms in total. The van der Waals surface area contributed by atoms with Crippen LogP contribution in [0.25, 0.3) is 10.9 Å². The zero-order valence-corrected chi connectivity index (χ0v) is 17.3. The van der Waals surface area contributed by atoms with E-state index in [0.29, 0.717) is 18.9 Å². The van der Waals surface area contributed by atoms with Gasteiger partial charge in [0.1, 0.15) is 18.1 Å². The summed E-state index contributed by atoms with van der Waals surface area (Å²) in [5, 5.41) is 10.6. The second-order valence-electron chi connectivity index (χ2n) is 7.32. The van der Waals surface area contributed by atoms with Gasteiger partial charge in [0.15, 0.2) is 0 Å². The molecule has 3 rings (SSSR count). The standard InChI is InChI=1S/C25H26N2O3/c1-5-9-18(6-2)16-30-21-12-19-13-23(25(28)29)27(15-20-10-7-8-11-26-20)24(19)22(14-21)17(3)4/h5-14,17H,1-2,15-16H2,3-4H3,(H,28,29)/b18-9+. The normalized spacial score (nSPS) is 11.6. The molecule has 0 spiro atoms. The van der Waals surface area contributed by atoms with Crippen molar-refractivity contribution in [2.75, 3.05) is 6.61 Å². The van der Waals surface area contributed by atoms with Crippen LogP contribution in [0.2, 0.25) is 0 Å². The van der Waals surface area contributed by atoms with Crippen LogP contribution in [0.3, 0.4) is 0 Å². The highest BCUT2D eigenvalue weighted by atomic mass is 16.5. The number of nitrogens with zero attached hydrogens (tertiary/aromatic N) is 2. The maximum atomic E-state index is 12.0. The molecule has 1 N–H and O–H groups in total. The Labute approximate surface area is 176 Å². The molecule has 0 aliphatic carbocycles. The van der Waals surface area contributed by atoms with Crippen LogP contribution in [0.4, 0.5) is 0 Å². The van der Waals surface area contributed by atoms with E-state index in [9.17, 15) is 9.90 Å². The lowest BCUT2D eigenvalue weighted by Crippen LogP contribution is -2.11. The van der Waals surface area contributed by atoms with Crippen molar-refractivity contribution in [2.24, 2.45) is 0 Å². The Morgan fingerprint density at radius 1 is 1.27 bits per heavy atom. The summed E-state index contributed by atoms with van der Waals surface area (Å²) in [7, 11) is 0. The molecule has 5 heteroatoms. The molecule has 0 aliphatic heterocycles. The highest BCUT2D eigenvalue weighted by molar-refractivity contribution is 5.96. The monoisotopic (exact) mass is 402 g/mol. The fraction of sp³-hybridized carbons (Fsp3) is 0.200. The summed E-state index contributed by atoms with van der Waals surface area (Å²) >= 11 is 0. The van der Waals surface area contributed by atoms with E-state index in [1.807, 2.05) is 41.0 Å². The van der Waals surface area contributed by atoms with Crippen LogP contribution in [0.15, 0.2) is 79.6 Å². The van der Waals surface area contributed by atoms with E-state index in [1.165, 1.54) is 0 Å². The molecule has 0 bridgehead atoms. The molecule has 0 amide bonds. The lowest BCUT2D eigenvalue weighted by atomic mass is 10.00. The Bertz CT molecular complexity index is 1110. The summed E-state index contributed by atoms with van der Waals surface area (Å²) in [5.41, 5.74) is 3.87. The molecule has 0 radical (unpaired) electrons. The summed E-state index contributed by atoms with van der Waals surface area (Å²) in [6.45, 7) is 12.4. The first-order valence-corrected chi connectivity index (χ1v) is 9.81. The van der Waals surface area contributed by atoms with Gasteiger partial charge in [-0.05, 0) is 47.4 Å². The number of hydrogen-bond donors (Lipinski definition) is 1. The molecule has 0 saturated carbocycles. The summed E-state index contributed by atoms with van der Waals surface area (Å²) in [4.78, 5) is 16.3. The van der Waals surface area contributed by atoms with Gasteiger partial charge in [-0.15, -0.1) is 0 Å². The van der Waals surface area contributed by atoms with Gasteiger partial charge in [0, 0.05) is 11.6 Å². The number of benzene rings is 1. The number of allylic oxidation sites excluding steroid dienone is 2. The Morgan fingerprint density at radius 3 is 2.67 bits per heavy atom. The van der Waals surface area contributed by atoms with Gasteiger partial charge in [-0.2, -0.15) is 0 Å². The van der Waals surface area contributed by atoms with Crippen molar-refractivity contribution in [3.63, 3.8) is 0 Å². The number of rotatable bonds is 9. The third-order valence-electron chi connectivity index (χ3n) is 4.88. The first-order valence-electron chi connectivity index (χ1n) is 9.81. The van der Waals surface area contributed by atoms with Gasteiger partial charge in [0.2, 0.25) is 0 Å². The largest absolute Gasteiger partial charge is 0.489 e. The van der Waals surface area contributed by atoms with Crippen LogP contribution in [-0.2, 0) is 6.54 Å². The number of fused-ring (bicyclic) bond motifs is 1. The van der Waals surface area contributed by atoms with E-state index in [2.05, 4.69) is 32.0 Å². The molecular formula is C25H26N2O3.